The van der Waals surface area contributed by atoms with Crippen molar-refractivity contribution in [2.24, 2.45) is 0 Å². The molecule has 6 heteroatoms. The Labute approximate surface area is 508 Å². The molecule has 0 saturated heterocycles. The maximum absolute atomic E-state index is 13.0. The van der Waals surface area contributed by atoms with Crippen LogP contribution in [0.5, 0.6) is 0 Å². The first-order valence-electron chi connectivity index (χ1n) is 34.9. The average molecular weight is 1140 g/mol. The first kappa shape index (κ1) is 78.1. The quantitative estimate of drug-likeness (QED) is 0.0261. The number of unbranched alkanes of at least 4 members (excludes halogenated alkanes) is 34. The lowest BCUT2D eigenvalue weighted by Crippen LogP contribution is -2.30. The molecule has 82 heavy (non-hydrogen) atoms. The normalized spacial score (nSPS) is 12.8. The molecule has 0 aromatic rings. The van der Waals surface area contributed by atoms with E-state index < -0.39 is 6.10 Å². The standard InChI is InChI=1S/C76H130O6/c1-4-7-10-13-16-19-22-25-28-30-32-34-36-38-40-41-43-45-48-51-54-57-60-63-66-69-75(78)81-72-73(71-80-74(77)68-65-62-59-56-53-50-47-27-24-21-18-15-12-9-6-3)82-76(79)70-67-64-61-58-55-52-49-46-44-42-39-37-35-33-31-29-26-23-20-17-14-11-8-5-2/h7,10,16,18-19,21,25,27-28,32,34,38,40,43,45,47,51,54,73H,4-6,8-9,11-15,17,20,22-24,26,29-31,33,35-37,39,41-42,44,46,48-50,52-53,55-72H2,1-3H3/b10-7-,19-16-,21-18-,28-25-,34-32-,40-38-,45-43-,47-27-,54-51-. The summed E-state index contributed by atoms with van der Waals surface area (Å²) >= 11 is 0. The highest BCUT2D eigenvalue weighted by Gasteiger charge is 2.19. The van der Waals surface area contributed by atoms with Crippen molar-refractivity contribution >= 4 is 17.9 Å². The molecule has 0 aliphatic heterocycles. The number of esters is 3. The van der Waals surface area contributed by atoms with E-state index in [-0.39, 0.29) is 31.1 Å². The lowest BCUT2D eigenvalue weighted by atomic mass is 10.0. The molecule has 0 amide bonds. The van der Waals surface area contributed by atoms with Crippen LogP contribution in [0.3, 0.4) is 0 Å². The van der Waals surface area contributed by atoms with E-state index >= 15 is 0 Å². The molecule has 0 saturated carbocycles. The smallest absolute Gasteiger partial charge is 0.306 e. The molecule has 470 valence electrons. The molecule has 0 N–H and O–H groups in total. The topological polar surface area (TPSA) is 78.9 Å². The van der Waals surface area contributed by atoms with Crippen LogP contribution in [0.2, 0.25) is 0 Å². The molecule has 0 heterocycles. The van der Waals surface area contributed by atoms with E-state index in [1.54, 1.807) is 0 Å². The molecule has 0 spiro atoms. The Morgan fingerprint density at radius 2 is 0.476 bits per heavy atom. The van der Waals surface area contributed by atoms with E-state index in [1.165, 1.54) is 161 Å². The van der Waals surface area contributed by atoms with E-state index in [9.17, 15) is 14.4 Å². The molecule has 0 rings (SSSR count). The third-order valence-electron chi connectivity index (χ3n) is 15.0. The Kier molecular flexibility index (Phi) is 66.2. The van der Waals surface area contributed by atoms with Crippen molar-refractivity contribution in [1.29, 1.82) is 0 Å². The van der Waals surface area contributed by atoms with E-state index in [4.69, 9.17) is 14.2 Å². The molecule has 1 unspecified atom stereocenters. The number of ether oxygens (including phenoxy) is 3. The van der Waals surface area contributed by atoms with Gasteiger partial charge in [-0.25, -0.2) is 0 Å². The van der Waals surface area contributed by atoms with E-state index in [0.29, 0.717) is 19.3 Å². The van der Waals surface area contributed by atoms with Crippen LogP contribution in [0.25, 0.3) is 0 Å². The van der Waals surface area contributed by atoms with Crippen LogP contribution in [0.1, 0.15) is 335 Å². The Morgan fingerprint density at radius 1 is 0.256 bits per heavy atom. The maximum Gasteiger partial charge on any atom is 0.306 e. The summed E-state index contributed by atoms with van der Waals surface area (Å²) in [5, 5.41) is 0. The summed E-state index contributed by atoms with van der Waals surface area (Å²) in [5.74, 6) is -0.927. The first-order chi connectivity index (χ1) is 40.5. The van der Waals surface area contributed by atoms with Crippen LogP contribution in [0.4, 0.5) is 0 Å². The zero-order valence-corrected chi connectivity index (χ0v) is 54.0. The zero-order valence-electron chi connectivity index (χ0n) is 54.0. The first-order valence-corrected chi connectivity index (χ1v) is 34.9. The van der Waals surface area contributed by atoms with Crippen molar-refractivity contribution in [3.05, 3.63) is 109 Å². The fourth-order valence-corrected chi connectivity index (χ4v) is 9.81. The molecule has 0 aromatic carbocycles. The highest BCUT2D eigenvalue weighted by atomic mass is 16.6. The molecule has 0 aliphatic rings. The van der Waals surface area contributed by atoms with Crippen LogP contribution in [0, 0.1) is 0 Å². The van der Waals surface area contributed by atoms with Gasteiger partial charge in [-0.1, -0.05) is 316 Å². The third kappa shape index (κ3) is 66.9. The fourth-order valence-electron chi connectivity index (χ4n) is 9.81. The lowest BCUT2D eigenvalue weighted by molar-refractivity contribution is -0.167. The number of carbonyl (C=O) groups is 3. The van der Waals surface area contributed by atoms with Gasteiger partial charge in [-0.2, -0.15) is 0 Å². The van der Waals surface area contributed by atoms with Crippen molar-refractivity contribution < 1.29 is 28.6 Å². The second-order valence-electron chi connectivity index (χ2n) is 23.1. The predicted molar refractivity (Wildman–Crippen MR) is 357 cm³/mol. The number of hydrogen-bond donors (Lipinski definition) is 0. The SMILES string of the molecule is CC/C=C\C/C=C\C/C=C\C/C=C\C/C=C\C/C=C\C/C=C\CCCCCC(=O)OCC(COC(=O)CCCCCCC/C=C\C/C=C\CCCCC)OC(=O)CCCCCCCCCCCCCCCCCCCCCCCCCC. The van der Waals surface area contributed by atoms with E-state index in [2.05, 4.69) is 130 Å². The number of carbonyl (C=O) groups excluding carboxylic acids is 3. The number of hydrogen-bond acceptors (Lipinski definition) is 6. The highest BCUT2D eigenvalue weighted by molar-refractivity contribution is 5.71. The van der Waals surface area contributed by atoms with Gasteiger partial charge < -0.3 is 14.2 Å². The Hall–Kier alpha value is -3.93. The summed E-state index contributed by atoms with van der Waals surface area (Å²) in [7, 11) is 0. The van der Waals surface area contributed by atoms with Crippen LogP contribution < -0.4 is 0 Å². The van der Waals surface area contributed by atoms with Crippen LogP contribution in [0.15, 0.2) is 109 Å². The molecule has 0 radical (unpaired) electrons. The van der Waals surface area contributed by atoms with Gasteiger partial charge in [0.05, 0.1) is 0 Å². The van der Waals surface area contributed by atoms with Gasteiger partial charge in [0, 0.05) is 19.3 Å². The summed E-state index contributed by atoms with van der Waals surface area (Å²) in [5.41, 5.74) is 0. The third-order valence-corrected chi connectivity index (χ3v) is 15.0. The minimum absolute atomic E-state index is 0.0948. The Balaban J connectivity index is 4.40. The van der Waals surface area contributed by atoms with Crippen LogP contribution in [-0.4, -0.2) is 37.2 Å². The summed E-state index contributed by atoms with van der Waals surface area (Å²) in [6, 6.07) is 0. The highest BCUT2D eigenvalue weighted by Crippen LogP contribution is 2.17. The van der Waals surface area contributed by atoms with Gasteiger partial charge in [0.15, 0.2) is 6.10 Å². The average Bonchev–Trinajstić information content (AvgIpc) is 3.47. The molecule has 0 bridgehead atoms. The fraction of sp³-hybridized carbons (Fsp3) is 0.724. The van der Waals surface area contributed by atoms with E-state index in [1.807, 2.05) is 0 Å². The molecule has 1 atom stereocenters. The molecular weight excluding hydrogens is 1010 g/mol. The van der Waals surface area contributed by atoms with Crippen molar-refractivity contribution in [2.45, 2.75) is 341 Å². The van der Waals surface area contributed by atoms with Crippen molar-refractivity contribution in [2.75, 3.05) is 13.2 Å². The molecular formula is C76H130O6. The van der Waals surface area contributed by atoms with Gasteiger partial charge in [0.25, 0.3) is 0 Å². The lowest BCUT2D eigenvalue weighted by Gasteiger charge is -2.18. The molecule has 0 aliphatic carbocycles. The summed E-state index contributed by atoms with van der Waals surface area (Å²) < 4.78 is 16.9. The van der Waals surface area contributed by atoms with Gasteiger partial charge in [0.1, 0.15) is 13.2 Å². The van der Waals surface area contributed by atoms with Gasteiger partial charge in [-0.3, -0.25) is 14.4 Å². The van der Waals surface area contributed by atoms with Gasteiger partial charge in [-0.05, 0) is 109 Å². The largest absolute Gasteiger partial charge is 0.462 e. The number of rotatable bonds is 63. The minimum atomic E-state index is -0.800. The van der Waals surface area contributed by atoms with Crippen LogP contribution >= 0.6 is 0 Å². The second-order valence-corrected chi connectivity index (χ2v) is 23.1. The summed E-state index contributed by atoms with van der Waals surface area (Å²) in [6.45, 7) is 6.50. The minimum Gasteiger partial charge on any atom is -0.462 e. The van der Waals surface area contributed by atoms with Gasteiger partial charge in [0.2, 0.25) is 0 Å². The van der Waals surface area contributed by atoms with Crippen molar-refractivity contribution in [3.8, 4) is 0 Å². The van der Waals surface area contributed by atoms with Gasteiger partial charge in [-0.15, -0.1) is 0 Å². The molecule has 0 fully saturated rings. The maximum atomic E-state index is 13.0. The van der Waals surface area contributed by atoms with Crippen LogP contribution in [-0.2, 0) is 28.6 Å². The zero-order chi connectivity index (χ0) is 59.2. The summed E-state index contributed by atoms with van der Waals surface area (Å²) in [6.07, 6.45) is 95.4. The monoisotopic (exact) mass is 1140 g/mol. The second kappa shape index (κ2) is 69.6. The Bertz CT molecular complexity index is 1640. The molecule has 6 nitrogen and oxygen atoms in total. The Morgan fingerprint density at radius 3 is 0.780 bits per heavy atom. The summed E-state index contributed by atoms with van der Waals surface area (Å²) in [4.78, 5) is 38.4. The number of allylic oxidation sites excluding steroid dienone is 18. The van der Waals surface area contributed by atoms with E-state index in [0.717, 1.165) is 135 Å². The predicted octanol–water partition coefficient (Wildman–Crippen LogP) is 24.2. The van der Waals surface area contributed by atoms with Gasteiger partial charge >= 0.3 is 17.9 Å². The van der Waals surface area contributed by atoms with Crippen molar-refractivity contribution in [3.63, 3.8) is 0 Å². The molecule has 0 aromatic heterocycles. The van der Waals surface area contributed by atoms with Crippen molar-refractivity contribution in [1.82, 2.24) is 0 Å².